The average Bonchev–Trinajstić information content (AvgIpc) is 2.16. The second-order valence-corrected chi connectivity index (χ2v) is 3.37. The van der Waals surface area contributed by atoms with Crippen molar-refractivity contribution in [2.45, 2.75) is 0 Å². The van der Waals surface area contributed by atoms with Crippen LogP contribution in [0.25, 0.3) is 5.70 Å². The molecule has 1 aromatic carbocycles. The lowest BCUT2D eigenvalue weighted by Gasteiger charge is -2.13. The maximum atomic E-state index is 10.6. The monoisotopic (exact) mass is 223 g/mol. The van der Waals surface area contributed by atoms with Gasteiger partial charge in [-0.2, -0.15) is 0 Å². The van der Waals surface area contributed by atoms with Crippen molar-refractivity contribution in [1.29, 1.82) is 0 Å². The molecule has 0 aliphatic carbocycles. The Hall–Kier alpha value is -1.88. The van der Waals surface area contributed by atoms with E-state index in [-0.39, 0.29) is 10.7 Å². The number of benzene rings is 1. The van der Waals surface area contributed by atoms with Crippen LogP contribution < -0.4 is 5.32 Å². The number of hydrogen-bond acceptors (Lipinski definition) is 4. The number of halogens is 1. The molecule has 0 unspecified atom stereocenters. The number of nitrogens with zero attached hydrogens (tertiary/aromatic N) is 2. The predicted molar refractivity (Wildman–Crippen MR) is 58.4 cm³/mol. The Kier molecular flexibility index (Phi) is 2.17. The maximum Gasteiger partial charge on any atom is 0.288 e. The van der Waals surface area contributed by atoms with Gasteiger partial charge in [0.15, 0.2) is 0 Å². The first kappa shape index (κ1) is 9.67. The molecule has 76 valence electrons. The summed E-state index contributed by atoms with van der Waals surface area (Å²) in [6.07, 6.45) is 1.47. The Labute approximate surface area is 90.2 Å². The highest BCUT2D eigenvalue weighted by Gasteiger charge is 2.19. The van der Waals surface area contributed by atoms with Crippen LogP contribution >= 0.6 is 11.6 Å². The second-order valence-electron chi connectivity index (χ2n) is 2.96. The molecule has 0 saturated heterocycles. The summed E-state index contributed by atoms with van der Waals surface area (Å²) in [6, 6.07) is 2.82. The van der Waals surface area contributed by atoms with Gasteiger partial charge in [-0.05, 0) is 6.07 Å². The first-order valence-corrected chi connectivity index (χ1v) is 4.43. The van der Waals surface area contributed by atoms with Crippen LogP contribution in [0.15, 0.2) is 23.7 Å². The minimum Gasteiger partial charge on any atom is -0.346 e. The van der Waals surface area contributed by atoms with Crippen molar-refractivity contribution in [2.75, 3.05) is 0 Å². The molecule has 1 aliphatic heterocycles. The highest BCUT2D eigenvalue weighted by atomic mass is 35.5. The molecule has 0 atom stereocenters. The minimum atomic E-state index is -0.534. The van der Waals surface area contributed by atoms with E-state index in [0.717, 1.165) is 0 Å². The van der Waals surface area contributed by atoms with Gasteiger partial charge >= 0.3 is 0 Å². The molecule has 1 aliphatic rings. The number of nitro benzene ring substituents is 1. The SMILES string of the molecule is C=C1NC=Nc2cc(Cl)c([N+](=O)[O-])cc21. The fourth-order valence-corrected chi connectivity index (χ4v) is 1.52. The van der Waals surface area contributed by atoms with Crippen LogP contribution in [0, 0.1) is 10.1 Å². The van der Waals surface area contributed by atoms with Crippen molar-refractivity contribution in [1.82, 2.24) is 5.32 Å². The van der Waals surface area contributed by atoms with E-state index in [0.29, 0.717) is 16.9 Å². The smallest absolute Gasteiger partial charge is 0.288 e. The zero-order valence-corrected chi connectivity index (χ0v) is 8.28. The molecule has 0 fully saturated rings. The van der Waals surface area contributed by atoms with Gasteiger partial charge in [0, 0.05) is 17.3 Å². The van der Waals surface area contributed by atoms with Gasteiger partial charge in [0.2, 0.25) is 0 Å². The molecule has 0 aromatic heterocycles. The van der Waals surface area contributed by atoms with Gasteiger partial charge in [-0.3, -0.25) is 10.1 Å². The van der Waals surface area contributed by atoms with Gasteiger partial charge in [0.25, 0.3) is 5.69 Å². The van der Waals surface area contributed by atoms with Crippen LogP contribution in [0.3, 0.4) is 0 Å². The lowest BCUT2D eigenvalue weighted by Crippen LogP contribution is -2.12. The summed E-state index contributed by atoms with van der Waals surface area (Å²) in [6.45, 7) is 3.72. The van der Waals surface area contributed by atoms with Crippen LogP contribution in [-0.2, 0) is 0 Å². The van der Waals surface area contributed by atoms with Crippen LogP contribution in [0.1, 0.15) is 5.56 Å². The van der Waals surface area contributed by atoms with Gasteiger partial charge in [-0.1, -0.05) is 18.2 Å². The Balaban J connectivity index is 2.66. The molecule has 5 nitrogen and oxygen atoms in total. The number of nitrogens with one attached hydrogen (secondary N) is 1. The van der Waals surface area contributed by atoms with Gasteiger partial charge < -0.3 is 5.32 Å². The largest absolute Gasteiger partial charge is 0.346 e. The lowest BCUT2D eigenvalue weighted by molar-refractivity contribution is -0.384. The van der Waals surface area contributed by atoms with Crippen LogP contribution in [-0.4, -0.2) is 11.3 Å². The molecule has 0 bridgehead atoms. The summed E-state index contributed by atoms with van der Waals surface area (Å²) < 4.78 is 0. The van der Waals surface area contributed by atoms with E-state index in [1.54, 1.807) is 0 Å². The summed E-state index contributed by atoms with van der Waals surface area (Å²) in [5, 5.41) is 13.5. The van der Waals surface area contributed by atoms with Crippen molar-refractivity contribution >= 4 is 35.0 Å². The quantitative estimate of drug-likeness (QED) is 0.587. The number of fused-ring (bicyclic) bond motifs is 1. The molecule has 0 radical (unpaired) electrons. The number of nitro groups is 1. The highest BCUT2D eigenvalue weighted by Crippen LogP contribution is 2.35. The predicted octanol–water partition coefficient (Wildman–Crippen LogP) is 2.48. The lowest BCUT2D eigenvalue weighted by atomic mass is 10.1. The molecule has 0 saturated carbocycles. The van der Waals surface area contributed by atoms with Gasteiger partial charge in [-0.25, -0.2) is 4.99 Å². The Morgan fingerprint density at radius 2 is 2.27 bits per heavy atom. The second kappa shape index (κ2) is 3.36. The highest BCUT2D eigenvalue weighted by molar-refractivity contribution is 6.33. The third-order valence-corrected chi connectivity index (χ3v) is 2.33. The number of rotatable bonds is 1. The minimum absolute atomic E-state index is 0.0746. The maximum absolute atomic E-state index is 10.6. The van der Waals surface area contributed by atoms with E-state index in [1.807, 2.05) is 0 Å². The molecule has 2 rings (SSSR count). The summed E-state index contributed by atoms with van der Waals surface area (Å²) in [4.78, 5) is 14.1. The van der Waals surface area contributed by atoms with Crippen LogP contribution in [0.2, 0.25) is 5.02 Å². The molecular weight excluding hydrogens is 218 g/mol. The molecule has 1 N–H and O–H groups in total. The molecular formula is C9H6ClN3O2. The average molecular weight is 224 g/mol. The topological polar surface area (TPSA) is 67.5 Å². The van der Waals surface area contributed by atoms with Gasteiger partial charge in [-0.15, -0.1) is 0 Å². The number of aliphatic imine (C=N–C) groups is 1. The van der Waals surface area contributed by atoms with Crippen molar-refractivity contribution in [2.24, 2.45) is 4.99 Å². The van der Waals surface area contributed by atoms with E-state index < -0.39 is 4.92 Å². The summed E-state index contributed by atoms with van der Waals surface area (Å²) in [5.74, 6) is 0. The standard InChI is InChI=1S/C9H6ClN3O2/c1-5-6-2-9(13(14)15)7(10)3-8(6)12-4-11-5/h2-4H,1H2,(H,11,12). The fourth-order valence-electron chi connectivity index (χ4n) is 1.30. The zero-order valence-electron chi connectivity index (χ0n) is 7.53. The molecule has 1 aromatic rings. The van der Waals surface area contributed by atoms with Crippen molar-refractivity contribution in [3.63, 3.8) is 0 Å². The number of hydrogen-bond donors (Lipinski definition) is 1. The van der Waals surface area contributed by atoms with E-state index >= 15 is 0 Å². The third-order valence-electron chi connectivity index (χ3n) is 2.03. The Morgan fingerprint density at radius 1 is 1.53 bits per heavy atom. The molecule has 15 heavy (non-hydrogen) atoms. The van der Waals surface area contributed by atoms with E-state index in [2.05, 4.69) is 16.9 Å². The fraction of sp³-hybridized carbons (Fsp3) is 0. The van der Waals surface area contributed by atoms with Gasteiger partial charge in [0.1, 0.15) is 5.02 Å². The normalized spacial score (nSPS) is 13.3. The molecule has 1 heterocycles. The first-order chi connectivity index (χ1) is 7.09. The van der Waals surface area contributed by atoms with Crippen LogP contribution in [0.4, 0.5) is 11.4 Å². The zero-order chi connectivity index (χ0) is 11.0. The Bertz CT molecular complexity index is 496. The van der Waals surface area contributed by atoms with Gasteiger partial charge in [0.05, 0.1) is 16.9 Å². The van der Waals surface area contributed by atoms with Crippen molar-refractivity contribution in [3.8, 4) is 0 Å². The molecule has 0 amide bonds. The summed E-state index contributed by atoms with van der Waals surface area (Å²) >= 11 is 5.74. The summed E-state index contributed by atoms with van der Waals surface area (Å²) in [5.41, 5.74) is 1.60. The van der Waals surface area contributed by atoms with Crippen LogP contribution in [0.5, 0.6) is 0 Å². The third kappa shape index (κ3) is 1.57. The van der Waals surface area contributed by atoms with E-state index in [4.69, 9.17) is 11.6 Å². The summed E-state index contributed by atoms with van der Waals surface area (Å²) in [7, 11) is 0. The Morgan fingerprint density at radius 3 is 2.93 bits per heavy atom. The first-order valence-electron chi connectivity index (χ1n) is 4.06. The van der Waals surface area contributed by atoms with Crippen molar-refractivity contribution < 1.29 is 4.92 Å². The van der Waals surface area contributed by atoms with E-state index in [1.165, 1.54) is 18.5 Å². The molecule has 6 heteroatoms. The van der Waals surface area contributed by atoms with E-state index in [9.17, 15) is 10.1 Å². The van der Waals surface area contributed by atoms with Crippen molar-refractivity contribution in [3.05, 3.63) is 39.4 Å². The molecule has 0 spiro atoms.